The molecule has 0 saturated heterocycles. The highest BCUT2D eigenvalue weighted by Crippen LogP contribution is 2.55. The molecule has 104 valence electrons. The zero-order valence-electron chi connectivity index (χ0n) is 11.9. The molecule has 1 aromatic rings. The van der Waals surface area contributed by atoms with Gasteiger partial charge in [-0.2, -0.15) is 0 Å². The van der Waals surface area contributed by atoms with Gasteiger partial charge in [-0.15, -0.1) is 0 Å². The lowest BCUT2D eigenvalue weighted by molar-refractivity contribution is -0.148. The predicted octanol–water partition coefficient (Wildman–Crippen LogP) is 2.27. The van der Waals surface area contributed by atoms with Gasteiger partial charge in [0.1, 0.15) is 5.75 Å². The van der Waals surface area contributed by atoms with Crippen LogP contribution in [-0.2, 0) is 9.53 Å². The first-order valence-electron chi connectivity index (χ1n) is 6.46. The van der Waals surface area contributed by atoms with Gasteiger partial charge in [-0.3, -0.25) is 4.79 Å². The van der Waals surface area contributed by atoms with E-state index in [-0.39, 0.29) is 12.0 Å². The van der Waals surface area contributed by atoms with E-state index in [0.717, 1.165) is 35.3 Å². The number of ether oxygens (including phenoxy) is 2. The Balaban J connectivity index is 2.38. The van der Waals surface area contributed by atoms with Crippen LogP contribution in [0.15, 0.2) is 12.1 Å². The summed E-state index contributed by atoms with van der Waals surface area (Å²) in [5, 5.41) is 0. The summed E-state index contributed by atoms with van der Waals surface area (Å²) in [5.74, 6) is 0.643. The lowest BCUT2D eigenvalue weighted by atomic mass is 9.87. The van der Waals surface area contributed by atoms with Gasteiger partial charge in [-0.25, -0.2) is 0 Å². The fourth-order valence-corrected chi connectivity index (χ4v) is 2.65. The summed E-state index contributed by atoms with van der Waals surface area (Å²) in [6.07, 6.45) is 1.59. The molecule has 1 fully saturated rings. The second-order valence-electron chi connectivity index (χ2n) is 5.23. The average molecular weight is 263 g/mol. The number of hydrogen-bond acceptors (Lipinski definition) is 4. The van der Waals surface area contributed by atoms with Crippen molar-refractivity contribution in [3.05, 3.63) is 28.8 Å². The monoisotopic (exact) mass is 263 g/mol. The zero-order valence-corrected chi connectivity index (χ0v) is 11.9. The molecule has 1 aromatic carbocycles. The summed E-state index contributed by atoms with van der Waals surface area (Å²) < 4.78 is 10.2. The molecule has 1 aliphatic carbocycles. The molecule has 4 nitrogen and oxygen atoms in total. The van der Waals surface area contributed by atoms with Gasteiger partial charge in [0.2, 0.25) is 0 Å². The molecular formula is C15H21NO3. The fraction of sp³-hybridized carbons (Fsp3) is 0.533. The minimum Gasteiger partial charge on any atom is -0.496 e. The normalized spacial score (nSPS) is 17.7. The second-order valence-corrected chi connectivity index (χ2v) is 5.23. The number of rotatable bonds is 4. The van der Waals surface area contributed by atoms with Crippen LogP contribution in [0.1, 0.15) is 35.6 Å². The highest BCUT2D eigenvalue weighted by atomic mass is 16.5. The van der Waals surface area contributed by atoms with Gasteiger partial charge in [-0.05, 0) is 49.4 Å². The Morgan fingerprint density at radius 1 is 1.26 bits per heavy atom. The summed E-state index contributed by atoms with van der Waals surface area (Å²) >= 11 is 0. The first-order chi connectivity index (χ1) is 8.97. The van der Waals surface area contributed by atoms with E-state index in [2.05, 4.69) is 0 Å². The number of hydrogen-bond donors (Lipinski definition) is 1. The first-order valence-corrected chi connectivity index (χ1v) is 6.46. The van der Waals surface area contributed by atoms with Crippen molar-refractivity contribution in [2.24, 2.45) is 11.1 Å². The molecule has 0 aromatic heterocycles. The van der Waals surface area contributed by atoms with Crippen molar-refractivity contribution in [2.75, 3.05) is 14.2 Å². The molecule has 2 N–H and O–H groups in total. The van der Waals surface area contributed by atoms with E-state index in [1.165, 1.54) is 7.11 Å². The molecule has 2 rings (SSSR count). The minimum absolute atomic E-state index is 0.201. The van der Waals surface area contributed by atoms with Gasteiger partial charge < -0.3 is 15.2 Å². The molecule has 19 heavy (non-hydrogen) atoms. The van der Waals surface area contributed by atoms with Crippen molar-refractivity contribution in [1.82, 2.24) is 0 Å². The topological polar surface area (TPSA) is 61.5 Å². The molecule has 1 unspecified atom stereocenters. The summed E-state index contributed by atoms with van der Waals surface area (Å²) in [7, 11) is 3.07. The molecule has 1 aliphatic rings. The molecule has 0 amide bonds. The third-order valence-corrected chi connectivity index (χ3v) is 4.31. The number of carbonyl (C=O) groups excluding carboxylic acids is 1. The van der Waals surface area contributed by atoms with Crippen LogP contribution in [0.25, 0.3) is 0 Å². The summed E-state index contributed by atoms with van der Waals surface area (Å²) in [6, 6.07) is 3.55. The highest BCUT2D eigenvalue weighted by molar-refractivity contribution is 5.81. The Morgan fingerprint density at radius 3 is 2.37 bits per heavy atom. The van der Waals surface area contributed by atoms with E-state index in [4.69, 9.17) is 15.2 Å². The Bertz CT molecular complexity index is 506. The maximum Gasteiger partial charge on any atom is 0.313 e. The van der Waals surface area contributed by atoms with Crippen molar-refractivity contribution >= 4 is 5.97 Å². The maximum atomic E-state index is 11.9. The predicted molar refractivity (Wildman–Crippen MR) is 73.1 cm³/mol. The lowest BCUT2D eigenvalue weighted by Crippen LogP contribution is -2.31. The van der Waals surface area contributed by atoms with Crippen molar-refractivity contribution in [2.45, 2.75) is 32.7 Å². The number of benzene rings is 1. The zero-order chi connectivity index (χ0) is 14.2. The summed E-state index contributed by atoms with van der Waals surface area (Å²) in [6.45, 7) is 4.02. The van der Waals surface area contributed by atoms with E-state index in [1.54, 1.807) is 7.11 Å². The fourth-order valence-electron chi connectivity index (χ4n) is 2.65. The first kappa shape index (κ1) is 13.9. The molecule has 0 radical (unpaired) electrons. The van der Waals surface area contributed by atoms with Crippen LogP contribution in [0.3, 0.4) is 0 Å². The highest BCUT2D eigenvalue weighted by Gasteiger charge is 2.56. The summed E-state index contributed by atoms with van der Waals surface area (Å²) in [4.78, 5) is 11.9. The van der Waals surface area contributed by atoms with Crippen LogP contribution in [-0.4, -0.2) is 20.2 Å². The maximum absolute atomic E-state index is 11.9. The number of carbonyl (C=O) groups is 1. The summed E-state index contributed by atoms with van der Waals surface area (Å²) in [5.41, 5.74) is 8.96. The molecule has 0 heterocycles. The molecule has 0 aliphatic heterocycles. The second kappa shape index (κ2) is 4.85. The van der Waals surface area contributed by atoms with Crippen molar-refractivity contribution in [1.29, 1.82) is 0 Å². The average Bonchev–Trinajstić information content (AvgIpc) is 3.21. The van der Waals surface area contributed by atoms with Gasteiger partial charge in [0.05, 0.1) is 19.6 Å². The van der Waals surface area contributed by atoms with E-state index < -0.39 is 5.41 Å². The number of methoxy groups -OCH3 is 2. The van der Waals surface area contributed by atoms with Gasteiger partial charge in [0, 0.05) is 6.04 Å². The Kier molecular flexibility index (Phi) is 3.54. The Labute approximate surface area is 113 Å². The largest absolute Gasteiger partial charge is 0.496 e. The van der Waals surface area contributed by atoms with Crippen LogP contribution in [0, 0.1) is 19.3 Å². The number of esters is 1. The van der Waals surface area contributed by atoms with Crippen molar-refractivity contribution in [3.8, 4) is 5.75 Å². The molecular weight excluding hydrogens is 242 g/mol. The molecule has 0 bridgehead atoms. The van der Waals surface area contributed by atoms with Crippen molar-refractivity contribution in [3.63, 3.8) is 0 Å². The molecule has 1 saturated carbocycles. The third-order valence-electron chi connectivity index (χ3n) is 4.31. The smallest absolute Gasteiger partial charge is 0.313 e. The molecule has 0 spiro atoms. The van der Waals surface area contributed by atoms with Gasteiger partial charge in [0.25, 0.3) is 0 Å². The standard InChI is InChI=1S/C15H21NO3/c1-9-10(2)12(18-3)6-5-11(9)13(16)15(7-8-15)14(17)19-4/h5-6,13H,7-8,16H2,1-4H3. The van der Waals surface area contributed by atoms with Crippen LogP contribution in [0.2, 0.25) is 0 Å². The van der Waals surface area contributed by atoms with Crippen LogP contribution in [0.4, 0.5) is 0 Å². The van der Waals surface area contributed by atoms with Gasteiger partial charge in [-0.1, -0.05) is 6.07 Å². The van der Waals surface area contributed by atoms with Crippen molar-refractivity contribution < 1.29 is 14.3 Å². The Morgan fingerprint density at radius 2 is 1.89 bits per heavy atom. The van der Waals surface area contributed by atoms with Gasteiger partial charge in [0.15, 0.2) is 0 Å². The molecule has 1 atom stereocenters. The van der Waals surface area contributed by atoms with Crippen LogP contribution < -0.4 is 10.5 Å². The van der Waals surface area contributed by atoms with E-state index >= 15 is 0 Å². The van der Waals surface area contributed by atoms with Crippen LogP contribution >= 0.6 is 0 Å². The Hall–Kier alpha value is -1.55. The van der Waals surface area contributed by atoms with E-state index in [9.17, 15) is 4.79 Å². The van der Waals surface area contributed by atoms with E-state index in [1.807, 2.05) is 26.0 Å². The third kappa shape index (κ3) is 2.10. The number of nitrogens with two attached hydrogens (primary N) is 1. The lowest BCUT2D eigenvalue weighted by Gasteiger charge is -2.24. The molecule has 4 heteroatoms. The van der Waals surface area contributed by atoms with E-state index in [0.29, 0.717) is 0 Å². The quantitative estimate of drug-likeness (QED) is 0.846. The van der Waals surface area contributed by atoms with Crippen LogP contribution in [0.5, 0.6) is 5.75 Å². The SMILES string of the molecule is COC(=O)C1(C(N)c2ccc(OC)c(C)c2C)CC1. The van der Waals surface area contributed by atoms with Gasteiger partial charge >= 0.3 is 5.97 Å². The minimum atomic E-state index is -0.527.